The summed E-state index contributed by atoms with van der Waals surface area (Å²) in [5.74, 6) is 0.970. The van der Waals surface area contributed by atoms with Crippen molar-refractivity contribution in [1.29, 1.82) is 0 Å². The van der Waals surface area contributed by atoms with Crippen molar-refractivity contribution in [2.75, 3.05) is 19.6 Å². The van der Waals surface area contributed by atoms with Gasteiger partial charge < -0.3 is 15.4 Å². The van der Waals surface area contributed by atoms with Gasteiger partial charge >= 0.3 is 0 Å². The second-order valence-electron chi connectivity index (χ2n) is 6.17. The molecule has 1 aliphatic rings. The highest BCUT2D eigenvalue weighted by Crippen LogP contribution is 2.30. The third kappa shape index (κ3) is 5.04. The Hall–Kier alpha value is -1.89. The molecule has 1 unspecified atom stereocenters. The molecule has 1 saturated heterocycles. The molecule has 0 spiro atoms. The van der Waals surface area contributed by atoms with Crippen molar-refractivity contribution in [2.45, 2.75) is 13.3 Å². The number of carbonyl (C=O) groups is 1. The van der Waals surface area contributed by atoms with Crippen molar-refractivity contribution >= 4 is 30.7 Å². The summed E-state index contributed by atoms with van der Waals surface area (Å²) < 4.78 is 5.63. The van der Waals surface area contributed by atoms with Gasteiger partial charge in [0.2, 0.25) is 5.88 Å². The lowest BCUT2D eigenvalue weighted by atomic mass is 9.90. The average Bonchev–Trinajstić information content (AvgIpc) is 2.98. The summed E-state index contributed by atoms with van der Waals surface area (Å²) in [6.45, 7) is 4.14. The number of ether oxygens (including phenoxy) is 1. The van der Waals surface area contributed by atoms with Crippen molar-refractivity contribution in [2.24, 2.45) is 11.1 Å². The van der Waals surface area contributed by atoms with Crippen LogP contribution in [0.25, 0.3) is 0 Å². The monoisotopic (exact) mass is 384 g/mol. The number of benzene rings is 1. The zero-order chi connectivity index (χ0) is 16.3. The van der Waals surface area contributed by atoms with E-state index in [2.05, 4.69) is 16.9 Å². The summed E-state index contributed by atoms with van der Waals surface area (Å²) in [7, 11) is 0. The molecule has 1 atom stereocenters. The van der Waals surface area contributed by atoms with Gasteiger partial charge in [-0.05, 0) is 36.6 Å². The van der Waals surface area contributed by atoms with Crippen molar-refractivity contribution < 1.29 is 9.53 Å². The maximum absolute atomic E-state index is 12.7. The average molecular weight is 385 g/mol. The van der Waals surface area contributed by atoms with E-state index in [1.54, 1.807) is 36.7 Å². The number of hydrogen-bond donors (Lipinski definition) is 1. The highest BCUT2D eigenvalue weighted by molar-refractivity contribution is 5.94. The first-order chi connectivity index (χ1) is 11.1. The maximum atomic E-state index is 12.7. The molecule has 6 nitrogen and oxygen atoms in total. The Bertz CT molecular complexity index is 702. The molecule has 8 heteroatoms. The Morgan fingerprint density at radius 2 is 2.16 bits per heavy atom. The fraction of sp³-hybridized carbons (Fsp3) is 0.353. The standard InChI is InChI=1S/C17H20N4O2.2ClH/c1-17(11-18)5-8-21(12-17)16(22)13-3-2-4-14(9-13)23-15-10-19-6-7-20-15;;/h2-4,6-7,9-10H,5,8,11-12,18H2,1H3;2*1H. The molecule has 1 amide bonds. The number of amides is 1. The molecule has 2 aromatic rings. The Morgan fingerprint density at radius 3 is 2.80 bits per heavy atom. The largest absolute Gasteiger partial charge is 0.437 e. The van der Waals surface area contributed by atoms with E-state index in [-0.39, 0.29) is 36.1 Å². The zero-order valence-corrected chi connectivity index (χ0v) is 15.6. The molecule has 1 fully saturated rings. The first-order valence-corrected chi connectivity index (χ1v) is 7.63. The van der Waals surface area contributed by atoms with E-state index in [1.807, 2.05) is 4.90 Å². The van der Waals surface area contributed by atoms with Gasteiger partial charge in [0.05, 0.1) is 6.20 Å². The van der Waals surface area contributed by atoms with Crippen LogP contribution in [0.1, 0.15) is 23.7 Å². The van der Waals surface area contributed by atoms with E-state index >= 15 is 0 Å². The van der Waals surface area contributed by atoms with Crippen molar-refractivity contribution in [3.63, 3.8) is 0 Å². The zero-order valence-electron chi connectivity index (χ0n) is 13.9. The minimum absolute atomic E-state index is 0. The first kappa shape index (κ1) is 21.2. The van der Waals surface area contributed by atoms with Crippen LogP contribution >= 0.6 is 24.8 Å². The Balaban J connectivity index is 0.00000156. The molecule has 2 N–H and O–H groups in total. The summed E-state index contributed by atoms with van der Waals surface area (Å²) in [4.78, 5) is 22.5. The predicted molar refractivity (Wildman–Crippen MR) is 101 cm³/mol. The Labute approximate surface area is 159 Å². The Kier molecular flexibility index (Phi) is 7.60. The number of carbonyl (C=O) groups excluding carboxylic acids is 1. The molecular formula is C17H22Cl2N4O2. The lowest BCUT2D eigenvalue weighted by molar-refractivity contribution is 0.0776. The smallest absolute Gasteiger partial charge is 0.254 e. The van der Waals surface area contributed by atoms with Crippen LogP contribution in [0.4, 0.5) is 0 Å². The SMILES string of the molecule is CC1(CN)CCN(C(=O)c2cccc(Oc3cnccn3)c2)C1.Cl.Cl. The summed E-state index contributed by atoms with van der Waals surface area (Å²) in [5.41, 5.74) is 6.43. The third-order valence-electron chi connectivity index (χ3n) is 4.18. The van der Waals surface area contributed by atoms with Gasteiger partial charge in [-0.1, -0.05) is 13.0 Å². The molecule has 0 aliphatic carbocycles. The number of likely N-dealkylation sites (tertiary alicyclic amines) is 1. The quantitative estimate of drug-likeness (QED) is 0.875. The molecule has 1 aromatic heterocycles. The second-order valence-corrected chi connectivity index (χ2v) is 6.17. The van der Waals surface area contributed by atoms with E-state index in [4.69, 9.17) is 10.5 Å². The summed E-state index contributed by atoms with van der Waals surface area (Å²) in [6.07, 6.45) is 5.60. The third-order valence-corrected chi connectivity index (χ3v) is 4.18. The van der Waals surface area contributed by atoms with Crippen LogP contribution in [0.2, 0.25) is 0 Å². The highest BCUT2D eigenvalue weighted by atomic mass is 35.5. The van der Waals surface area contributed by atoms with Gasteiger partial charge in [-0.15, -0.1) is 24.8 Å². The molecular weight excluding hydrogens is 363 g/mol. The van der Waals surface area contributed by atoms with E-state index in [9.17, 15) is 4.79 Å². The Morgan fingerprint density at radius 1 is 1.36 bits per heavy atom. The highest BCUT2D eigenvalue weighted by Gasteiger charge is 2.35. The van der Waals surface area contributed by atoms with Crippen LogP contribution in [0, 0.1) is 5.41 Å². The summed E-state index contributed by atoms with van der Waals surface area (Å²) in [5, 5.41) is 0. The van der Waals surface area contributed by atoms with Crippen LogP contribution in [0.5, 0.6) is 11.6 Å². The lowest BCUT2D eigenvalue weighted by Crippen LogP contribution is -2.34. The molecule has 1 aliphatic heterocycles. The number of nitrogens with two attached hydrogens (primary N) is 1. The van der Waals surface area contributed by atoms with Crippen LogP contribution in [0.3, 0.4) is 0 Å². The second kappa shape index (κ2) is 8.99. The summed E-state index contributed by atoms with van der Waals surface area (Å²) in [6, 6.07) is 7.12. The molecule has 0 saturated carbocycles. The number of nitrogens with zero attached hydrogens (tertiary/aromatic N) is 3. The van der Waals surface area contributed by atoms with Crippen LogP contribution in [-0.2, 0) is 0 Å². The van der Waals surface area contributed by atoms with Gasteiger partial charge in [-0.2, -0.15) is 0 Å². The number of hydrogen-bond acceptors (Lipinski definition) is 5. The van der Waals surface area contributed by atoms with Crippen molar-refractivity contribution in [1.82, 2.24) is 14.9 Å². The molecule has 25 heavy (non-hydrogen) atoms. The number of rotatable bonds is 4. The molecule has 0 radical (unpaired) electrons. The molecule has 136 valence electrons. The minimum Gasteiger partial charge on any atom is -0.437 e. The van der Waals surface area contributed by atoms with Gasteiger partial charge in [0.15, 0.2) is 0 Å². The molecule has 3 rings (SSSR count). The van der Waals surface area contributed by atoms with E-state index < -0.39 is 0 Å². The van der Waals surface area contributed by atoms with Gasteiger partial charge in [0, 0.05) is 31.0 Å². The van der Waals surface area contributed by atoms with E-state index in [0.717, 1.165) is 13.0 Å². The fourth-order valence-electron chi connectivity index (χ4n) is 2.70. The molecule has 2 heterocycles. The molecule has 0 bridgehead atoms. The minimum atomic E-state index is 0. The van der Waals surface area contributed by atoms with Gasteiger partial charge in [0.25, 0.3) is 5.91 Å². The number of halogens is 2. The van der Waals surface area contributed by atoms with Crippen molar-refractivity contribution in [3.05, 3.63) is 48.4 Å². The van der Waals surface area contributed by atoms with E-state index in [0.29, 0.717) is 30.3 Å². The van der Waals surface area contributed by atoms with Gasteiger partial charge in [-0.25, -0.2) is 4.98 Å². The lowest BCUT2D eigenvalue weighted by Gasteiger charge is -2.22. The van der Waals surface area contributed by atoms with Crippen molar-refractivity contribution in [3.8, 4) is 11.6 Å². The predicted octanol–water partition coefficient (Wildman–Crippen LogP) is 2.92. The maximum Gasteiger partial charge on any atom is 0.254 e. The topological polar surface area (TPSA) is 81.3 Å². The van der Waals surface area contributed by atoms with Gasteiger partial charge in [-0.3, -0.25) is 9.78 Å². The van der Waals surface area contributed by atoms with Crippen LogP contribution in [-0.4, -0.2) is 40.4 Å². The van der Waals surface area contributed by atoms with Gasteiger partial charge in [0.1, 0.15) is 5.75 Å². The van der Waals surface area contributed by atoms with Crippen LogP contribution < -0.4 is 10.5 Å². The normalized spacial score (nSPS) is 18.9. The fourth-order valence-corrected chi connectivity index (χ4v) is 2.70. The van der Waals surface area contributed by atoms with E-state index in [1.165, 1.54) is 6.20 Å². The first-order valence-electron chi connectivity index (χ1n) is 7.63. The number of aromatic nitrogens is 2. The molecule has 1 aromatic carbocycles. The summed E-state index contributed by atoms with van der Waals surface area (Å²) >= 11 is 0. The van der Waals surface area contributed by atoms with Crippen LogP contribution in [0.15, 0.2) is 42.9 Å².